The molecule has 1 aromatic heterocycles. The van der Waals surface area contributed by atoms with Crippen molar-refractivity contribution in [1.82, 2.24) is 14.9 Å². The van der Waals surface area contributed by atoms with Gasteiger partial charge in [0.05, 0.1) is 6.33 Å². The van der Waals surface area contributed by atoms with E-state index in [1.54, 1.807) is 17.1 Å². The van der Waals surface area contributed by atoms with E-state index in [1.807, 2.05) is 6.20 Å². The lowest BCUT2D eigenvalue weighted by atomic mass is 9.95. The van der Waals surface area contributed by atoms with Crippen LogP contribution in [0.15, 0.2) is 43.0 Å². The van der Waals surface area contributed by atoms with Crippen LogP contribution in [0.5, 0.6) is 0 Å². The third-order valence-corrected chi connectivity index (χ3v) is 5.06. The molecule has 4 nitrogen and oxygen atoms in total. The molecule has 2 aliphatic carbocycles. The van der Waals surface area contributed by atoms with Crippen LogP contribution in [-0.4, -0.2) is 22.0 Å². The molecule has 0 aliphatic heterocycles. The van der Waals surface area contributed by atoms with Gasteiger partial charge in [-0.15, -0.1) is 0 Å². The van der Waals surface area contributed by atoms with Crippen LogP contribution in [-0.2, 0) is 23.2 Å². The summed E-state index contributed by atoms with van der Waals surface area (Å²) >= 11 is 0. The van der Waals surface area contributed by atoms with Gasteiger partial charge in [0.15, 0.2) is 0 Å². The second kappa shape index (κ2) is 4.72. The summed E-state index contributed by atoms with van der Waals surface area (Å²) in [6, 6.07) is 8.79. The maximum atomic E-state index is 11.9. The van der Waals surface area contributed by atoms with Gasteiger partial charge in [-0.1, -0.05) is 24.3 Å². The number of carbonyl (C=O) groups is 1. The zero-order valence-corrected chi connectivity index (χ0v) is 12.0. The lowest BCUT2D eigenvalue weighted by Crippen LogP contribution is -2.30. The molecule has 21 heavy (non-hydrogen) atoms. The molecule has 2 atom stereocenters. The second-order valence-corrected chi connectivity index (χ2v) is 6.25. The van der Waals surface area contributed by atoms with E-state index in [9.17, 15) is 4.79 Å². The van der Waals surface area contributed by atoms with Crippen LogP contribution < -0.4 is 5.32 Å². The molecular formula is C17H19N3O. The van der Waals surface area contributed by atoms with Crippen molar-refractivity contribution in [3.8, 4) is 0 Å². The number of hydrogen-bond acceptors (Lipinski definition) is 2. The molecule has 1 fully saturated rings. The summed E-state index contributed by atoms with van der Waals surface area (Å²) in [7, 11) is 0. The number of aryl methyl sites for hydroxylation is 1. The van der Waals surface area contributed by atoms with Gasteiger partial charge >= 0.3 is 0 Å². The Morgan fingerprint density at radius 1 is 1.43 bits per heavy atom. The topological polar surface area (TPSA) is 46.9 Å². The highest BCUT2D eigenvalue weighted by Gasteiger charge is 2.57. The minimum atomic E-state index is 0.0707. The molecule has 2 aliphatic rings. The van der Waals surface area contributed by atoms with E-state index < -0.39 is 0 Å². The Labute approximate surface area is 124 Å². The predicted molar refractivity (Wildman–Crippen MR) is 79.8 cm³/mol. The largest absolute Gasteiger partial charge is 0.354 e. The number of fused-ring (bicyclic) bond motifs is 2. The summed E-state index contributed by atoms with van der Waals surface area (Å²) in [5.74, 6) is 0.675. The van der Waals surface area contributed by atoms with Crippen molar-refractivity contribution in [2.45, 2.75) is 31.2 Å². The third kappa shape index (κ3) is 2.15. The van der Waals surface area contributed by atoms with Crippen LogP contribution in [0.3, 0.4) is 0 Å². The van der Waals surface area contributed by atoms with Crippen molar-refractivity contribution in [2.75, 3.05) is 6.54 Å². The Hall–Kier alpha value is -2.10. The van der Waals surface area contributed by atoms with Gasteiger partial charge in [-0.2, -0.15) is 0 Å². The molecule has 1 spiro atoms. The van der Waals surface area contributed by atoms with Crippen molar-refractivity contribution in [1.29, 1.82) is 0 Å². The molecule has 4 rings (SSSR count). The van der Waals surface area contributed by atoms with Gasteiger partial charge in [0.25, 0.3) is 0 Å². The van der Waals surface area contributed by atoms with Crippen LogP contribution in [0.1, 0.15) is 24.0 Å². The summed E-state index contributed by atoms with van der Waals surface area (Å²) < 4.78 is 1.79. The first-order valence-corrected chi connectivity index (χ1v) is 7.59. The molecule has 0 saturated heterocycles. The summed E-state index contributed by atoms with van der Waals surface area (Å²) in [6.45, 7) is 1.15. The SMILES string of the molecule is O=C(Cn1ccnc1)NC[C@@H]1C[C@]12CCc1ccccc12. The fourth-order valence-electron chi connectivity index (χ4n) is 3.84. The number of benzene rings is 1. The second-order valence-electron chi connectivity index (χ2n) is 6.25. The van der Waals surface area contributed by atoms with Crippen molar-refractivity contribution in [3.63, 3.8) is 0 Å². The van der Waals surface area contributed by atoms with E-state index in [2.05, 4.69) is 34.6 Å². The summed E-state index contributed by atoms with van der Waals surface area (Å²) in [4.78, 5) is 15.9. The van der Waals surface area contributed by atoms with Gasteiger partial charge in [-0.25, -0.2) is 4.98 Å². The zero-order valence-electron chi connectivity index (χ0n) is 12.0. The maximum absolute atomic E-state index is 11.9. The van der Waals surface area contributed by atoms with Crippen molar-refractivity contribution < 1.29 is 4.79 Å². The normalized spacial score (nSPS) is 25.8. The Kier molecular flexibility index (Phi) is 2.84. The molecule has 0 radical (unpaired) electrons. The van der Waals surface area contributed by atoms with Crippen molar-refractivity contribution in [3.05, 3.63) is 54.1 Å². The van der Waals surface area contributed by atoms with Gasteiger partial charge in [0.2, 0.25) is 5.91 Å². The van der Waals surface area contributed by atoms with Crippen LogP contribution in [0.4, 0.5) is 0 Å². The number of imidazole rings is 1. The summed E-state index contributed by atoms with van der Waals surface area (Å²) in [5.41, 5.74) is 3.39. The van der Waals surface area contributed by atoms with Gasteiger partial charge in [0.1, 0.15) is 6.54 Å². The molecule has 1 heterocycles. The fourth-order valence-corrected chi connectivity index (χ4v) is 3.84. The maximum Gasteiger partial charge on any atom is 0.239 e. The fraction of sp³-hybridized carbons (Fsp3) is 0.412. The minimum Gasteiger partial charge on any atom is -0.354 e. The van der Waals surface area contributed by atoms with E-state index >= 15 is 0 Å². The van der Waals surface area contributed by atoms with Crippen molar-refractivity contribution >= 4 is 5.91 Å². The number of carbonyl (C=O) groups excluding carboxylic acids is 1. The number of amides is 1. The smallest absolute Gasteiger partial charge is 0.239 e. The molecule has 1 amide bonds. The predicted octanol–water partition coefficient (Wildman–Crippen LogP) is 1.90. The molecular weight excluding hydrogens is 262 g/mol. The highest BCUT2D eigenvalue weighted by Crippen LogP contribution is 2.61. The molecule has 1 N–H and O–H groups in total. The number of nitrogens with one attached hydrogen (secondary N) is 1. The number of hydrogen-bond donors (Lipinski definition) is 1. The van der Waals surface area contributed by atoms with Gasteiger partial charge < -0.3 is 9.88 Å². The number of aromatic nitrogens is 2. The van der Waals surface area contributed by atoms with Crippen LogP contribution in [0, 0.1) is 5.92 Å². The van der Waals surface area contributed by atoms with E-state index in [1.165, 1.54) is 30.4 Å². The Bertz CT molecular complexity index is 664. The molecule has 1 saturated carbocycles. The van der Waals surface area contributed by atoms with Crippen LogP contribution in [0.25, 0.3) is 0 Å². The Morgan fingerprint density at radius 2 is 2.33 bits per heavy atom. The first-order valence-electron chi connectivity index (χ1n) is 7.59. The van der Waals surface area contributed by atoms with E-state index in [0.29, 0.717) is 17.9 Å². The van der Waals surface area contributed by atoms with Crippen LogP contribution >= 0.6 is 0 Å². The van der Waals surface area contributed by atoms with Crippen LogP contribution in [0.2, 0.25) is 0 Å². The Morgan fingerprint density at radius 3 is 3.19 bits per heavy atom. The molecule has 4 heteroatoms. The van der Waals surface area contributed by atoms with Gasteiger partial charge in [-0.05, 0) is 36.3 Å². The average Bonchev–Trinajstić information content (AvgIpc) is 2.83. The average molecular weight is 281 g/mol. The van der Waals surface area contributed by atoms with E-state index in [4.69, 9.17) is 0 Å². The monoisotopic (exact) mass is 281 g/mol. The highest BCUT2D eigenvalue weighted by atomic mass is 16.1. The van der Waals surface area contributed by atoms with E-state index in [0.717, 1.165) is 6.54 Å². The molecule has 1 aromatic carbocycles. The molecule has 2 aromatic rings. The molecule has 108 valence electrons. The van der Waals surface area contributed by atoms with Gasteiger partial charge in [0, 0.05) is 24.4 Å². The van der Waals surface area contributed by atoms with Gasteiger partial charge in [-0.3, -0.25) is 4.79 Å². The highest BCUT2D eigenvalue weighted by molar-refractivity contribution is 5.75. The lowest BCUT2D eigenvalue weighted by molar-refractivity contribution is -0.121. The lowest BCUT2D eigenvalue weighted by Gasteiger charge is -2.12. The van der Waals surface area contributed by atoms with Crippen molar-refractivity contribution in [2.24, 2.45) is 5.92 Å². The standard InChI is InChI=1S/C17H19N3O/c21-16(11-20-8-7-18-12-20)19-10-14-9-17(14)6-5-13-3-1-2-4-15(13)17/h1-4,7-8,12,14H,5-6,9-11H2,(H,19,21)/t14-,17+/m0/s1. The summed E-state index contributed by atoms with van der Waals surface area (Å²) in [6.07, 6.45) is 8.83. The minimum absolute atomic E-state index is 0.0707. The first kappa shape index (κ1) is 12.6. The number of rotatable bonds is 4. The molecule has 0 bridgehead atoms. The Balaban J connectivity index is 1.35. The summed E-state index contributed by atoms with van der Waals surface area (Å²) in [5, 5.41) is 3.08. The third-order valence-electron chi connectivity index (χ3n) is 5.06. The number of nitrogens with zero attached hydrogens (tertiary/aromatic N) is 2. The quantitative estimate of drug-likeness (QED) is 0.930. The molecule has 0 unspecified atom stereocenters. The first-order chi connectivity index (χ1) is 10.3. The van der Waals surface area contributed by atoms with E-state index in [-0.39, 0.29) is 5.91 Å². The zero-order chi connectivity index (χ0) is 14.3.